The number of hydrogen-bond acceptors (Lipinski definition) is 2. The molecule has 0 atom stereocenters. The Labute approximate surface area is 91.8 Å². The molecule has 0 aromatic rings. The van der Waals surface area contributed by atoms with Crippen LogP contribution in [0, 0.1) is 5.92 Å². The van der Waals surface area contributed by atoms with Crippen molar-refractivity contribution in [2.75, 3.05) is 19.6 Å². The number of aliphatic carboxylic acids is 1. The van der Waals surface area contributed by atoms with Crippen molar-refractivity contribution in [1.82, 2.24) is 4.90 Å². The number of hydrogen-bond donors (Lipinski definition) is 1. The molecule has 0 aromatic heterocycles. The van der Waals surface area contributed by atoms with Crippen molar-refractivity contribution in [2.45, 2.75) is 33.6 Å². The van der Waals surface area contributed by atoms with Crippen LogP contribution in [-0.4, -0.2) is 35.6 Å². The molecule has 0 aromatic carbocycles. The zero-order valence-electron chi connectivity index (χ0n) is 9.92. The molecule has 0 saturated carbocycles. The molecule has 1 rings (SSSR count). The normalized spacial score (nSPS) is 18.3. The Kier molecular flexibility index (Phi) is 4.33. The third-order valence-electron chi connectivity index (χ3n) is 2.93. The Bertz CT molecular complexity index is 259. The van der Waals surface area contributed by atoms with Crippen molar-refractivity contribution in [3.8, 4) is 0 Å². The van der Waals surface area contributed by atoms with Crippen LogP contribution in [0.5, 0.6) is 0 Å². The summed E-state index contributed by atoms with van der Waals surface area (Å²) in [6, 6.07) is 0. The predicted octanol–water partition coefficient (Wildman–Crippen LogP) is 2.14. The lowest BCUT2D eigenvalue weighted by Crippen LogP contribution is -2.34. The number of nitrogens with zero attached hydrogens (tertiary/aromatic N) is 1. The van der Waals surface area contributed by atoms with Crippen LogP contribution in [0.1, 0.15) is 33.6 Å². The number of carboxylic acids is 1. The lowest BCUT2D eigenvalue weighted by molar-refractivity contribution is -0.132. The summed E-state index contributed by atoms with van der Waals surface area (Å²) in [5, 5.41) is 8.87. The van der Waals surface area contributed by atoms with Gasteiger partial charge in [-0.3, -0.25) is 0 Å². The fourth-order valence-corrected chi connectivity index (χ4v) is 2.05. The summed E-state index contributed by atoms with van der Waals surface area (Å²) >= 11 is 0. The first kappa shape index (κ1) is 12.2. The Morgan fingerprint density at radius 2 is 1.93 bits per heavy atom. The smallest absolute Gasteiger partial charge is 0.331 e. The third kappa shape index (κ3) is 3.67. The zero-order valence-corrected chi connectivity index (χ0v) is 9.92. The minimum Gasteiger partial charge on any atom is -0.478 e. The summed E-state index contributed by atoms with van der Waals surface area (Å²) in [5.41, 5.74) is 1.68. The molecule has 1 heterocycles. The Balaban J connectivity index is 2.49. The molecule has 1 saturated heterocycles. The SMILES string of the molecule is CC(C(=O)O)=C1CCN(CC(C)C)CC1. The number of carboxylic acid groups (broad SMARTS) is 1. The van der Waals surface area contributed by atoms with Gasteiger partial charge in [-0.15, -0.1) is 0 Å². The molecule has 0 amide bonds. The fraction of sp³-hybridized carbons (Fsp3) is 0.750. The monoisotopic (exact) mass is 211 g/mol. The molecule has 3 nitrogen and oxygen atoms in total. The second-order valence-corrected chi connectivity index (χ2v) is 4.73. The topological polar surface area (TPSA) is 40.5 Å². The van der Waals surface area contributed by atoms with Crippen LogP contribution in [0.25, 0.3) is 0 Å². The third-order valence-corrected chi connectivity index (χ3v) is 2.93. The average Bonchev–Trinajstić information content (AvgIpc) is 2.17. The summed E-state index contributed by atoms with van der Waals surface area (Å²) in [7, 11) is 0. The van der Waals surface area contributed by atoms with Gasteiger partial charge in [0.25, 0.3) is 0 Å². The summed E-state index contributed by atoms with van der Waals surface area (Å²) in [6.07, 6.45) is 1.84. The Morgan fingerprint density at radius 3 is 2.33 bits per heavy atom. The first-order valence-corrected chi connectivity index (χ1v) is 5.65. The van der Waals surface area contributed by atoms with Crippen molar-refractivity contribution >= 4 is 5.97 Å². The van der Waals surface area contributed by atoms with Gasteiger partial charge in [0.05, 0.1) is 0 Å². The highest BCUT2D eigenvalue weighted by molar-refractivity contribution is 5.86. The maximum absolute atomic E-state index is 10.8. The number of piperidine rings is 1. The van der Waals surface area contributed by atoms with Gasteiger partial charge in [-0.1, -0.05) is 19.4 Å². The van der Waals surface area contributed by atoms with Crippen LogP contribution >= 0.6 is 0 Å². The van der Waals surface area contributed by atoms with E-state index in [1.165, 1.54) is 0 Å². The van der Waals surface area contributed by atoms with E-state index < -0.39 is 5.97 Å². The van der Waals surface area contributed by atoms with Gasteiger partial charge in [-0.05, 0) is 25.7 Å². The van der Waals surface area contributed by atoms with Crippen LogP contribution in [0.2, 0.25) is 0 Å². The zero-order chi connectivity index (χ0) is 11.4. The molecule has 0 spiro atoms. The van der Waals surface area contributed by atoms with Crippen molar-refractivity contribution < 1.29 is 9.90 Å². The second-order valence-electron chi connectivity index (χ2n) is 4.73. The van der Waals surface area contributed by atoms with Gasteiger partial charge in [-0.2, -0.15) is 0 Å². The summed E-state index contributed by atoms with van der Waals surface area (Å²) in [5.74, 6) is -0.0709. The van der Waals surface area contributed by atoms with Gasteiger partial charge in [0.2, 0.25) is 0 Å². The number of rotatable bonds is 3. The maximum atomic E-state index is 10.8. The first-order chi connectivity index (χ1) is 7.00. The highest BCUT2D eigenvalue weighted by atomic mass is 16.4. The minimum atomic E-state index is -0.762. The highest BCUT2D eigenvalue weighted by Gasteiger charge is 2.18. The molecule has 0 aliphatic carbocycles. The van der Waals surface area contributed by atoms with Crippen molar-refractivity contribution in [2.24, 2.45) is 5.92 Å². The van der Waals surface area contributed by atoms with E-state index in [1.807, 2.05) is 0 Å². The predicted molar refractivity (Wildman–Crippen MR) is 60.8 cm³/mol. The van der Waals surface area contributed by atoms with Crippen LogP contribution < -0.4 is 0 Å². The molecule has 0 bridgehead atoms. The molecule has 15 heavy (non-hydrogen) atoms. The van der Waals surface area contributed by atoms with E-state index in [9.17, 15) is 4.79 Å². The minimum absolute atomic E-state index is 0.555. The van der Waals surface area contributed by atoms with Crippen LogP contribution in [0.4, 0.5) is 0 Å². The van der Waals surface area contributed by atoms with Crippen LogP contribution in [0.3, 0.4) is 0 Å². The molecule has 0 unspecified atom stereocenters. The summed E-state index contributed by atoms with van der Waals surface area (Å²) < 4.78 is 0. The molecule has 86 valence electrons. The summed E-state index contributed by atoms with van der Waals surface area (Å²) in [6.45, 7) is 9.30. The van der Waals surface area contributed by atoms with E-state index in [-0.39, 0.29) is 0 Å². The van der Waals surface area contributed by atoms with Gasteiger partial charge in [0.15, 0.2) is 0 Å². The molecular weight excluding hydrogens is 190 g/mol. The van der Waals surface area contributed by atoms with Gasteiger partial charge in [0.1, 0.15) is 0 Å². The Hall–Kier alpha value is -0.830. The van der Waals surface area contributed by atoms with Crippen molar-refractivity contribution in [3.63, 3.8) is 0 Å². The Morgan fingerprint density at radius 1 is 1.40 bits per heavy atom. The van der Waals surface area contributed by atoms with Crippen LogP contribution in [-0.2, 0) is 4.79 Å². The standard InChI is InChI=1S/C12H21NO2/c1-9(2)8-13-6-4-11(5-7-13)10(3)12(14)15/h9H,4-8H2,1-3H3,(H,14,15). The van der Waals surface area contributed by atoms with Crippen LogP contribution in [0.15, 0.2) is 11.1 Å². The average molecular weight is 211 g/mol. The molecule has 0 radical (unpaired) electrons. The lowest BCUT2D eigenvalue weighted by Gasteiger charge is -2.30. The van der Waals surface area contributed by atoms with Crippen molar-refractivity contribution in [1.29, 1.82) is 0 Å². The van der Waals surface area contributed by atoms with E-state index in [0.717, 1.165) is 38.0 Å². The fourth-order valence-electron chi connectivity index (χ4n) is 2.05. The van der Waals surface area contributed by atoms with E-state index in [4.69, 9.17) is 5.11 Å². The molecule has 1 aliphatic rings. The van der Waals surface area contributed by atoms with E-state index >= 15 is 0 Å². The second kappa shape index (κ2) is 5.31. The maximum Gasteiger partial charge on any atom is 0.331 e. The van der Waals surface area contributed by atoms with E-state index in [0.29, 0.717) is 11.5 Å². The highest BCUT2D eigenvalue weighted by Crippen LogP contribution is 2.20. The molecule has 1 fully saturated rings. The van der Waals surface area contributed by atoms with E-state index in [2.05, 4.69) is 18.7 Å². The molecule has 3 heteroatoms. The van der Waals surface area contributed by atoms with Gasteiger partial charge in [-0.25, -0.2) is 4.79 Å². The lowest BCUT2D eigenvalue weighted by atomic mass is 9.98. The first-order valence-electron chi connectivity index (χ1n) is 5.65. The molecular formula is C12H21NO2. The van der Waals surface area contributed by atoms with Gasteiger partial charge in [0, 0.05) is 25.2 Å². The number of likely N-dealkylation sites (tertiary alicyclic amines) is 1. The summed E-state index contributed by atoms with van der Waals surface area (Å²) in [4.78, 5) is 13.2. The van der Waals surface area contributed by atoms with Gasteiger partial charge < -0.3 is 10.0 Å². The number of carbonyl (C=O) groups is 1. The quantitative estimate of drug-likeness (QED) is 0.727. The molecule has 1 N–H and O–H groups in total. The molecule has 1 aliphatic heterocycles. The van der Waals surface area contributed by atoms with E-state index in [1.54, 1.807) is 6.92 Å². The van der Waals surface area contributed by atoms with Gasteiger partial charge >= 0.3 is 5.97 Å². The van der Waals surface area contributed by atoms with Crippen molar-refractivity contribution in [3.05, 3.63) is 11.1 Å². The largest absolute Gasteiger partial charge is 0.478 e.